The number of nitrogens with two attached hydrogens (primary N) is 1. The van der Waals surface area contributed by atoms with Crippen molar-refractivity contribution in [3.63, 3.8) is 0 Å². The molecule has 7 heteroatoms. The van der Waals surface area contributed by atoms with Gasteiger partial charge in [-0.3, -0.25) is 0 Å². The number of aryl methyl sites for hydroxylation is 1. The molecule has 0 saturated carbocycles. The molecule has 0 aliphatic carbocycles. The third kappa shape index (κ3) is 3.22. The number of hydrogen-bond donors (Lipinski definition) is 2. The van der Waals surface area contributed by atoms with Crippen LogP contribution in [0.3, 0.4) is 0 Å². The first kappa shape index (κ1) is 13.0. The van der Waals surface area contributed by atoms with Crippen LogP contribution in [-0.2, 0) is 10.0 Å². The van der Waals surface area contributed by atoms with Gasteiger partial charge in [0, 0.05) is 0 Å². The highest BCUT2D eigenvalue weighted by Gasteiger charge is 2.13. The zero-order valence-corrected chi connectivity index (χ0v) is 10.6. The molecular weight excluding hydrogens is 246 g/mol. The molecule has 0 unspecified atom stereocenters. The Labute approximate surface area is 99.2 Å². The Morgan fingerprint density at radius 1 is 1.38 bits per heavy atom. The Balaban J connectivity index is 3.12. The molecule has 3 N–H and O–H groups in total. The molecule has 0 atom stereocenters. The largest absolute Gasteiger partial charge is 0.302 e. The monoisotopic (exact) mass is 259 g/mol. The number of rotatable bonds is 2. The van der Waals surface area contributed by atoms with Crippen molar-refractivity contribution < 1.29 is 8.42 Å². The predicted molar refractivity (Wildman–Crippen MR) is 66.6 cm³/mol. The molecule has 1 rings (SSSR count). The van der Waals surface area contributed by atoms with E-state index >= 15 is 0 Å². The van der Waals surface area contributed by atoms with Crippen LogP contribution >= 0.6 is 11.8 Å². The molecule has 0 aliphatic heterocycles. The minimum atomic E-state index is -3.68. The number of amidine groups is 1. The molecule has 0 fully saturated rings. The van der Waals surface area contributed by atoms with Gasteiger partial charge in [0.2, 0.25) is 0 Å². The lowest BCUT2D eigenvalue weighted by atomic mass is 10.2. The van der Waals surface area contributed by atoms with Gasteiger partial charge < -0.3 is 5.43 Å². The van der Waals surface area contributed by atoms with Gasteiger partial charge in [-0.15, -0.1) is 4.40 Å². The molecule has 5 nitrogen and oxygen atoms in total. The maximum atomic E-state index is 11.8. The first-order valence-corrected chi connectivity index (χ1v) is 7.08. The Bertz CT molecular complexity index is 474. The molecular formula is C9H13N3O2S2. The fourth-order valence-corrected chi connectivity index (χ4v) is 2.56. The maximum Gasteiger partial charge on any atom is 0.284 e. The summed E-state index contributed by atoms with van der Waals surface area (Å²) in [4.78, 5) is 0.153. The van der Waals surface area contributed by atoms with Crippen molar-refractivity contribution in [3.05, 3.63) is 29.8 Å². The predicted octanol–water partition coefficient (Wildman–Crippen LogP) is 0.866. The highest BCUT2D eigenvalue weighted by molar-refractivity contribution is 8.13. The van der Waals surface area contributed by atoms with Crippen LogP contribution in [0, 0.1) is 6.92 Å². The number of sulfonamides is 1. The van der Waals surface area contributed by atoms with E-state index in [0.29, 0.717) is 0 Å². The van der Waals surface area contributed by atoms with Gasteiger partial charge >= 0.3 is 0 Å². The molecule has 0 spiro atoms. The summed E-state index contributed by atoms with van der Waals surface area (Å²) in [7, 11) is -3.68. The van der Waals surface area contributed by atoms with Gasteiger partial charge in [-0.2, -0.15) is 8.42 Å². The van der Waals surface area contributed by atoms with Crippen LogP contribution in [0.15, 0.2) is 33.6 Å². The van der Waals surface area contributed by atoms with Gasteiger partial charge in [0.25, 0.3) is 10.0 Å². The van der Waals surface area contributed by atoms with Crippen molar-refractivity contribution in [2.75, 3.05) is 6.26 Å². The standard InChI is InChI=1S/C9H13N3O2S2/c1-7-3-5-8(6-4-7)16(13,14)12-9(11-10)15-2/h3-6H,10H2,1-2H3,(H,11,12). The summed E-state index contributed by atoms with van der Waals surface area (Å²) in [6.07, 6.45) is 1.68. The maximum absolute atomic E-state index is 11.8. The van der Waals surface area contributed by atoms with Gasteiger partial charge in [0.15, 0.2) is 5.17 Å². The second-order valence-corrected chi connectivity index (χ2v) is 5.43. The topological polar surface area (TPSA) is 84.5 Å². The van der Waals surface area contributed by atoms with Gasteiger partial charge in [0.1, 0.15) is 0 Å². The molecule has 0 saturated heterocycles. The van der Waals surface area contributed by atoms with E-state index in [1.54, 1.807) is 18.4 Å². The highest BCUT2D eigenvalue weighted by Crippen LogP contribution is 2.14. The van der Waals surface area contributed by atoms with Crippen molar-refractivity contribution >= 4 is 27.0 Å². The van der Waals surface area contributed by atoms with E-state index in [9.17, 15) is 8.42 Å². The van der Waals surface area contributed by atoms with Crippen LogP contribution in [-0.4, -0.2) is 19.8 Å². The van der Waals surface area contributed by atoms with E-state index in [4.69, 9.17) is 5.84 Å². The lowest BCUT2D eigenvalue weighted by Gasteiger charge is -2.03. The number of benzene rings is 1. The first-order chi connectivity index (χ1) is 7.49. The van der Waals surface area contributed by atoms with E-state index < -0.39 is 10.0 Å². The second-order valence-electron chi connectivity index (χ2n) is 3.03. The number of thioether (sulfide) groups is 1. The average Bonchev–Trinajstić information content (AvgIpc) is 2.26. The first-order valence-electron chi connectivity index (χ1n) is 4.42. The lowest BCUT2D eigenvalue weighted by Crippen LogP contribution is -2.28. The zero-order chi connectivity index (χ0) is 12.2. The molecule has 1 aromatic carbocycles. The van der Waals surface area contributed by atoms with E-state index in [0.717, 1.165) is 17.3 Å². The average molecular weight is 259 g/mol. The number of nitrogens with zero attached hydrogens (tertiary/aromatic N) is 1. The van der Waals surface area contributed by atoms with Crippen LogP contribution in [0.25, 0.3) is 0 Å². The summed E-state index contributed by atoms with van der Waals surface area (Å²) in [6, 6.07) is 6.47. The summed E-state index contributed by atoms with van der Waals surface area (Å²) in [5, 5.41) is 0.153. The third-order valence-corrected chi connectivity index (χ3v) is 3.84. The fourth-order valence-electron chi connectivity index (χ4n) is 0.995. The number of hydrazine groups is 1. The van der Waals surface area contributed by atoms with Gasteiger partial charge in [0.05, 0.1) is 4.90 Å². The Morgan fingerprint density at radius 2 is 1.94 bits per heavy atom. The van der Waals surface area contributed by atoms with Crippen molar-refractivity contribution in [2.45, 2.75) is 11.8 Å². The molecule has 0 bridgehead atoms. The van der Waals surface area contributed by atoms with E-state index in [-0.39, 0.29) is 10.1 Å². The van der Waals surface area contributed by atoms with Gasteiger partial charge in [-0.25, -0.2) is 5.84 Å². The van der Waals surface area contributed by atoms with Crippen LogP contribution in [0.5, 0.6) is 0 Å². The minimum Gasteiger partial charge on any atom is -0.302 e. The molecule has 0 aliphatic rings. The molecule has 0 radical (unpaired) electrons. The zero-order valence-electron chi connectivity index (χ0n) is 8.97. The smallest absolute Gasteiger partial charge is 0.284 e. The molecule has 1 aromatic rings. The molecule has 0 aromatic heterocycles. The summed E-state index contributed by atoms with van der Waals surface area (Å²) in [6.45, 7) is 1.88. The van der Waals surface area contributed by atoms with Crippen molar-refractivity contribution in [2.24, 2.45) is 10.2 Å². The third-order valence-electron chi connectivity index (χ3n) is 1.84. The van der Waals surface area contributed by atoms with Crippen LogP contribution in [0.2, 0.25) is 0 Å². The van der Waals surface area contributed by atoms with Crippen LogP contribution in [0.4, 0.5) is 0 Å². The normalized spacial score (nSPS) is 12.6. The SMILES string of the molecule is CSC(=NS(=O)(=O)c1ccc(C)cc1)NN. The molecule has 16 heavy (non-hydrogen) atoms. The van der Waals surface area contributed by atoms with E-state index in [1.807, 2.05) is 6.92 Å². The molecule has 88 valence electrons. The van der Waals surface area contributed by atoms with E-state index in [2.05, 4.69) is 9.82 Å². The van der Waals surface area contributed by atoms with E-state index in [1.165, 1.54) is 12.1 Å². The second kappa shape index (κ2) is 5.33. The summed E-state index contributed by atoms with van der Waals surface area (Å²) in [5.74, 6) is 5.13. The molecule has 0 amide bonds. The number of nitrogens with one attached hydrogen (secondary N) is 1. The summed E-state index contributed by atoms with van der Waals surface area (Å²) in [5.41, 5.74) is 3.21. The summed E-state index contributed by atoms with van der Waals surface area (Å²) < 4.78 is 27.1. The van der Waals surface area contributed by atoms with Crippen molar-refractivity contribution in [3.8, 4) is 0 Å². The lowest BCUT2D eigenvalue weighted by molar-refractivity contribution is 0.598. The Kier molecular flexibility index (Phi) is 4.34. The molecule has 0 heterocycles. The highest BCUT2D eigenvalue weighted by atomic mass is 32.2. The fraction of sp³-hybridized carbons (Fsp3) is 0.222. The van der Waals surface area contributed by atoms with Crippen molar-refractivity contribution in [1.29, 1.82) is 0 Å². The van der Waals surface area contributed by atoms with Crippen molar-refractivity contribution in [1.82, 2.24) is 5.43 Å². The minimum absolute atomic E-state index is 0.153. The van der Waals surface area contributed by atoms with Crippen LogP contribution < -0.4 is 11.3 Å². The van der Waals surface area contributed by atoms with Gasteiger partial charge in [-0.1, -0.05) is 29.5 Å². The Hall–Kier alpha value is -1.05. The number of hydrogen-bond acceptors (Lipinski definition) is 4. The van der Waals surface area contributed by atoms with Crippen LogP contribution in [0.1, 0.15) is 5.56 Å². The quantitative estimate of drug-likeness (QED) is 0.356. The summed E-state index contributed by atoms with van der Waals surface area (Å²) >= 11 is 1.13. The van der Waals surface area contributed by atoms with Gasteiger partial charge in [-0.05, 0) is 25.3 Å². The Morgan fingerprint density at radius 3 is 2.38 bits per heavy atom.